The van der Waals surface area contributed by atoms with E-state index in [4.69, 9.17) is 4.74 Å². The number of nitrogens with zero attached hydrogens (tertiary/aromatic N) is 1. The van der Waals surface area contributed by atoms with Crippen LogP contribution >= 0.6 is 0 Å². The summed E-state index contributed by atoms with van der Waals surface area (Å²) in [5.74, 6) is -0.663. The normalized spacial score (nSPS) is 11.7. The van der Waals surface area contributed by atoms with Crippen LogP contribution in [0.2, 0.25) is 0 Å². The maximum absolute atomic E-state index is 11.6. The Kier molecular flexibility index (Phi) is 5.86. The van der Waals surface area contributed by atoms with E-state index in [1.807, 2.05) is 6.92 Å². The molecule has 0 amide bonds. The fourth-order valence-corrected chi connectivity index (χ4v) is 1.49. The third kappa shape index (κ3) is 4.17. The van der Waals surface area contributed by atoms with Crippen molar-refractivity contribution in [2.45, 2.75) is 25.9 Å². The Bertz CT molecular complexity index is 495. The predicted octanol–water partition coefficient (Wildman–Crippen LogP) is 2.53. The number of aliphatic hydroxyl groups is 1. The molecule has 1 rings (SSSR count). The largest absolute Gasteiger partial charge is 0.462 e. The van der Waals surface area contributed by atoms with Crippen LogP contribution < -0.4 is 0 Å². The van der Waals surface area contributed by atoms with Gasteiger partial charge < -0.3 is 9.84 Å². The van der Waals surface area contributed by atoms with Gasteiger partial charge >= 0.3 is 5.97 Å². The lowest BCUT2D eigenvalue weighted by Gasteiger charge is -2.13. The molecule has 0 bridgehead atoms. The quantitative estimate of drug-likeness (QED) is 0.272. The van der Waals surface area contributed by atoms with Gasteiger partial charge in [0, 0.05) is 12.1 Å². The number of unbranched alkanes of at least 4 members (excludes halogenated alkanes) is 1. The molecule has 6 heteroatoms. The topological polar surface area (TPSA) is 89.7 Å². The number of ether oxygens (including phenoxy) is 1. The van der Waals surface area contributed by atoms with Crippen molar-refractivity contribution in [3.05, 3.63) is 52.1 Å². The minimum absolute atomic E-state index is 0.0860. The molecule has 1 N–H and O–H groups in total. The summed E-state index contributed by atoms with van der Waals surface area (Å²) in [4.78, 5) is 21.6. The monoisotopic (exact) mass is 279 g/mol. The summed E-state index contributed by atoms with van der Waals surface area (Å²) in [6.45, 7) is 5.75. The van der Waals surface area contributed by atoms with Gasteiger partial charge in [-0.3, -0.25) is 10.1 Å². The van der Waals surface area contributed by atoms with E-state index in [2.05, 4.69) is 6.58 Å². The van der Waals surface area contributed by atoms with Crippen LogP contribution in [0.4, 0.5) is 5.69 Å². The zero-order valence-corrected chi connectivity index (χ0v) is 11.2. The fraction of sp³-hybridized carbons (Fsp3) is 0.357. The molecule has 0 saturated carbocycles. The Hall–Kier alpha value is -2.21. The van der Waals surface area contributed by atoms with Crippen LogP contribution in [0.25, 0.3) is 0 Å². The van der Waals surface area contributed by atoms with Gasteiger partial charge in [-0.25, -0.2) is 4.79 Å². The number of rotatable bonds is 7. The van der Waals surface area contributed by atoms with Crippen molar-refractivity contribution < 1.29 is 19.6 Å². The molecule has 1 aromatic carbocycles. The first-order valence-electron chi connectivity index (χ1n) is 6.25. The molecule has 0 aromatic heterocycles. The summed E-state index contributed by atoms with van der Waals surface area (Å²) in [5, 5.41) is 20.5. The predicted molar refractivity (Wildman–Crippen MR) is 73.1 cm³/mol. The van der Waals surface area contributed by atoms with Crippen LogP contribution in [0.1, 0.15) is 31.4 Å². The van der Waals surface area contributed by atoms with Gasteiger partial charge in [0.2, 0.25) is 0 Å². The number of nitro groups is 1. The Labute approximate surface area is 116 Å². The number of benzene rings is 1. The average Bonchev–Trinajstić information content (AvgIpc) is 2.46. The molecule has 6 nitrogen and oxygen atoms in total. The second kappa shape index (κ2) is 7.40. The van der Waals surface area contributed by atoms with Gasteiger partial charge in [0.15, 0.2) is 0 Å². The summed E-state index contributed by atoms with van der Waals surface area (Å²) in [6, 6.07) is 5.28. The summed E-state index contributed by atoms with van der Waals surface area (Å²) in [6.07, 6.45) is 0.405. The van der Waals surface area contributed by atoms with Gasteiger partial charge in [0.25, 0.3) is 5.69 Å². The maximum atomic E-state index is 11.6. The van der Waals surface area contributed by atoms with E-state index in [1.165, 1.54) is 24.3 Å². The minimum atomic E-state index is -1.23. The number of carbonyl (C=O) groups excluding carboxylic acids is 1. The molecule has 0 fully saturated rings. The number of aliphatic hydroxyl groups excluding tert-OH is 1. The number of esters is 1. The highest BCUT2D eigenvalue weighted by Crippen LogP contribution is 2.23. The first-order chi connectivity index (χ1) is 9.47. The van der Waals surface area contributed by atoms with Crippen LogP contribution in [-0.2, 0) is 9.53 Å². The first-order valence-corrected chi connectivity index (χ1v) is 6.25. The van der Waals surface area contributed by atoms with Crippen LogP contribution in [0.15, 0.2) is 36.4 Å². The standard InChI is InChI=1S/C14H17NO5/c1-3-4-9-20-14(17)10(2)13(16)11-5-7-12(8-6-11)15(18)19/h5-8,13,16H,2-4,9H2,1H3/t13-/m1/s1. The molecule has 1 aromatic rings. The second-order valence-corrected chi connectivity index (χ2v) is 4.27. The van der Waals surface area contributed by atoms with Crippen molar-refractivity contribution in [2.75, 3.05) is 6.61 Å². The molecule has 108 valence electrons. The summed E-state index contributed by atoms with van der Waals surface area (Å²) >= 11 is 0. The summed E-state index contributed by atoms with van der Waals surface area (Å²) in [7, 11) is 0. The SMILES string of the molecule is C=C(C(=O)OCCCC)[C@@H](O)c1ccc([N+](=O)[O-])cc1. The minimum Gasteiger partial charge on any atom is -0.462 e. The molecule has 0 aliphatic heterocycles. The molecule has 20 heavy (non-hydrogen) atoms. The highest BCUT2D eigenvalue weighted by atomic mass is 16.6. The number of hydrogen-bond acceptors (Lipinski definition) is 5. The van der Waals surface area contributed by atoms with Crippen molar-refractivity contribution in [1.29, 1.82) is 0 Å². The van der Waals surface area contributed by atoms with Crippen LogP contribution in [0.5, 0.6) is 0 Å². The number of non-ortho nitro benzene ring substituents is 1. The lowest BCUT2D eigenvalue weighted by atomic mass is 10.0. The molecule has 0 aliphatic carbocycles. The van der Waals surface area contributed by atoms with Gasteiger partial charge in [0.1, 0.15) is 6.10 Å². The van der Waals surface area contributed by atoms with E-state index in [1.54, 1.807) is 0 Å². The Balaban J connectivity index is 2.68. The molecule has 0 aliphatic rings. The van der Waals surface area contributed by atoms with Gasteiger partial charge in [0.05, 0.1) is 17.1 Å². The van der Waals surface area contributed by atoms with E-state index in [9.17, 15) is 20.0 Å². The highest BCUT2D eigenvalue weighted by molar-refractivity contribution is 5.89. The molecular weight excluding hydrogens is 262 g/mol. The van der Waals surface area contributed by atoms with Gasteiger partial charge in [-0.05, 0) is 24.1 Å². The smallest absolute Gasteiger partial charge is 0.336 e. The van der Waals surface area contributed by atoms with E-state index >= 15 is 0 Å². The van der Waals surface area contributed by atoms with Crippen molar-refractivity contribution in [3.63, 3.8) is 0 Å². The van der Waals surface area contributed by atoms with Crippen molar-refractivity contribution in [1.82, 2.24) is 0 Å². The zero-order chi connectivity index (χ0) is 15.1. The number of carbonyl (C=O) groups is 1. The summed E-state index contributed by atoms with van der Waals surface area (Å²) < 4.78 is 4.94. The van der Waals surface area contributed by atoms with Crippen molar-refractivity contribution in [2.24, 2.45) is 0 Å². The molecule has 0 heterocycles. The molecule has 0 spiro atoms. The molecule has 0 radical (unpaired) electrons. The molecule has 0 unspecified atom stereocenters. The van der Waals surface area contributed by atoms with Gasteiger partial charge in [-0.1, -0.05) is 19.9 Å². The first kappa shape index (κ1) is 15.8. The molecular formula is C14H17NO5. The van der Waals surface area contributed by atoms with Crippen LogP contribution in [-0.4, -0.2) is 22.6 Å². The highest BCUT2D eigenvalue weighted by Gasteiger charge is 2.20. The van der Waals surface area contributed by atoms with Crippen molar-refractivity contribution >= 4 is 11.7 Å². The third-order valence-electron chi connectivity index (χ3n) is 2.74. The van der Waals surface area contributed by atoms with E-state index in [-0.39, 0.29) is 17.9 Å². The van der Waals surface area contributed by atoms with E-state index in [0.717, 1.165) is 12.8 Å². The second-order valence-electron chi connectivity index (χ2n) is 4.27. The fourth-order valence-electron chi connectivity index (χ4n) is 1.49. The third-order valence-corrected chi connectivity index (χ3v) is 2.74. The van der Waals surface area contributed by atoms with Gasteiger partial charge in [-0.2, -0.15) is 0 Å². The zero-order valence-electron chi connectivity index (χ0n) is 11.2. The van der Waals surface area contributed by atoms with Gasteiger partial charge in [-0.15, -0.1) is 0 Å². The van der Waals surface area contributed by atoms with E-state index in [0.29, 0.717) is 5.56 Å². The maximum Gasteiger partial charge on any atom is 0.336 e. The number of hydrogen-bond donors (Lipinski definition) is 1. The molecule has 0 saturated heterocycles. The average molecular weight is 279 g/mol. The lowest BCUT2D eigenvalue weighted by Crippen LogP contribution is -2.14. The lowest BCUT2D eigenvalue weighted by molar-refractivity contribution is -0.384. The van der Waals surface area contributed by atoms with Crippen LogP contribution in [0, 0.1) is 10.1 Å². The Morgan fingerprint density at radius 1 is 1.45 bits per heavy atom. The Morgan fingerprint density at radius 3 is 2.55 bits per heavy atom. The van der Waals surface area contributed by atoms with E-state index < -0.39 is 17.0 Å². The Morgan fingerprint density at radius 2 is 2.05 bits per heavy atom. The number of nitro benzene ring substituents is 1. The van der Waals surface area contributed by atoms with Crippen LogP contribution in [0.3, 0.4) is 0 Å². The van der Waals surface area contributed by atoms with Crippen molar-refractivity contribution in [3.8, 4) is 0 Å². The summed E-state index contributed by atoms with van der Waals surface area (Å²) in [5.41, 5.74) is 0.181. The molecule has 1 atom stereocenters.